The maximum atomic E-state index is 14.5. The number of rotatable bonds is 6. The second-order valence-electron chi connectivity index (χ2n) is 9.75. The smallest absolute Gasteiger partial charge is 0.409 e. The predicted molar refractivity (Wildman–Crippen MR) is 131 cm³/mol. The SMILES string of the molecule is Cc1c(C2C3CCC2CN(Cc2ccccc2)C3)ccc(OC(N)=O)c1Cc1ccccc1F. The molecule has 4 nitrogen and oxygen atoms in total. The summed E-state index contributed by atoms with van der Waals surface area (Å²) in [7, 11) is 0. The van der Waals surface area contributed by atoms with Gasteiger partial charge in [-0.1, -0.05) is 54.6 Å². The molecule has 1 saturated carbocycles. The summed E-state index contributed by atoms with van der Waals surface area (Å²) in [6, 6.07) is 21.4. The van der Waals surface area contributed by atoms with Crippen LogP contribution in [0.5, 0.6) is 5.75 Å². The molecule has 1 aliphatic carbocycles. The van der Waals surface area contributed by atoms with E-state index in [0.29, 0.717) is 35.5 Å². The van der Waals surface area contributed by atoms with Crippen molar-refractivity contribution in [2.45, 2.75) is 38.6 Å². The van der Waals surface area contributed by atoms with Gasteiger partial charge in [0.05, 0.1) is 0 Å². The summed E-state index contributed by atoms with van der Waals surface area (Å²) in [6.07, 6.45) is 1.96. The number of hydrogen-bond donors (Lipinski definition) is 1. The van der Waals surface area contributed by atoms with Crippen LogP contribution in [0, 0.1) is 24.6 Å². The number of benzene rings is 3. The minimum Gasteiger partial charge on any atom is -0.410 e. The summed E-state index contributed by atoms with van der Waals surface area (Å²) in [6.45, 7) is 5.23. The topological polar surface area (TPSA) is 55.6 Å². The molecular weight excluding hydrogens is 427 g/mol. The molecule has 176 valence electrons. The van der Waals surface area contributed by atoms with Crippen LogP contribution in [-0.4, -0.2) is 24.1 Å². The molecule has 2 bridgehead atoms. The third-order valence-electron chi connectivity index (χ3n) is 7.65. The van der Waals surface area contributed by atoms with E-state index in [9.17, 15) is 9.18 Å². The normalized spacial score (nSPS) is 22.0. The number of nitrogens with zero attached hydrogens (tertiary/aromatic N) is 1. The lowest BCUT2D eigenvalue weighted by atomic mass is 9.77. The Bertz CT molecular complexity index is 1170. The van der Waals surface area contributed by atoms with Gasteiger partial charge in [0.1, 0.15) is 11.6 Å². The van der Waals surface area contributed by atoms with E-state index in [1.165, 1.54) is 30.0 Å². The average molecular weight is 459 g/mol. The minimum atomic E-state index is -0.851. The van der Waals surface area contributed by atoms with Crippen LogP contribution in [0.4, 0.5) is 9.18 Å². The fourth-order valence-corrected chi connectivity index (χ4v) is 6.17. The Morgan fingerprint density at radius 2 is 1.68 bits per heavy atom. The zero-order chi connectivity index (χ0) is 23.7. The number of piperidine rings is 1. The highest BCUT2D eigenvalue weighted by molar-refractivity contribution is 5.69. The van der Waals surface area contributed by atoms with Crippen molar-refractivity contribution in [3.8, 4) is 5.75 Å². The lowest BCUT2D eigenvalue weighted by Gasteiger charge is -2.39. The molecule has 0 spiro atoms. The van der Waals surface area contributed by atoms with E-state index in [-0.39, 0.29) is 5.82 Å². The van der Waals surface area contributed by atoms with Crippen LogP contribution in [0.25, 0.3) is 0 Å². The van der Waals surface area contributed by atoms with Gasteiger partial charge in [-0.25, -0.2) is 9.18 Å². The third-order valence-corrected chi connectivity index (χ3v) is 7.65. The largest absolute Gasteiger partial charge is 0.410 e. The fraction of sp³-hybridized carbons (Fsp3) is 0.345. The molecule has 1 saturated heterocycles. The van der Waals surface area contributed by atoms with Crippen LogP contribution in [0.15, 0.2) is 66.7 Å². The fourth-order valence-electron chi connectivity index (χ4n) is 6.17. The van der Waals surface area contributed by atoms with Crippen molar-refractivity contribution in [3.05, 3.63) is 100 Å². The van der Waals surface area contributed by atoms with Gasteiger partial charge in [-0.15, -0.1) is 0 Å². The zero-order valence-corrected chi connectivity index (χ0v) is 19.5. The lowest BCUT2D eigenvalue weighted by molar-refractivity contribution is 0.138. The first kappa shape index (κ1) is 22.6. The molecule has 2 unspecified atom stereocenters. The van der Waals surface area contributed by atoms with Gasteiger partial charge in [0.25, 0.3) is 0 Å². The number of ether oxygens (including phenoxy) is 1. The molecule has 2 fully saturated rings. The van der Waals surface area contributed by atoms with E-state index < -0.39 is 6.09 Å². The molecule has 34 heavy (non-hydrogen) atoms. The van der Waals surface area contributed by atoms with E-state index >= 15 is 0 Å². The highest BCUT2D eigenvalue weighted by atomic mass is 19.1. The number of amides is 1. The first-order chi connectivity index (χ1) is 16.5. The molecule has 5 heteroatoms. The number of likely N-dealkylation sites (tertiary alicyclic amines) is 1. The molecule has 1 heterocycles. The molecule has 3 aromatic carbocycles. The lowest BCUT2D eigenvalue weighted by Crippen LogP contribution is -2.40. The van der Waals surface area contributed by atoms with Gasteiger partial charge >= 0.3 is 6.09 Å². The van der Waals surface area contributed by atoms with Gasteiger partial charge < -0.3 is 10.5 Å². The van der Waals surface area contributed by atoms with Crippen molar-refractivity contribution in [2.24, 2.45) is 17.6 Å². The van der Waals surface area contributed by atoms with Gasteiger partial charge in [-0.3, -0.25) is 4.90 Å². The van der Waals surface area contributed by atoms with E-state index in [0.717, 1.165) is 30.8 Å². The number of fused-ring (bicyclic) bond motifs is 2. The van der Waals surface area contributed by atoms with Gasteiger partial charge in [0, 0.05) is 31.6 Å². The number of hydrogen-bond acceptors (Lipinski definition) is 3. The van der Waals surface area contributed by atoms with Gasteiger partial charge in [-0.2, -0.15) is 0 Å². The van der Waals surface area contributed by atoms with Crippen molar-refractivity contribution >= 4 is 6.09 Å². The van der Waals surface area contributed by atoms with E-state index in [4.69, 9.17) is 10.5 Å². The Labute approximate surface area is 200 Å². The molecule has 1 aliphatic heterocycles. The number of carbonyl (C=O) groups excluding carboxylic acids is 1. The monoisotopic (exact) mass is 458 g/mol. The summed E-state index contributed by atoms with van der Waals surface area (Å²) in [5.41, 5.74) is 10.5. The molecule has 1 amide bonds. The molecule has 5 rings (SSSR count). The van der Waals surface area contributed by atoms with E-state index in [2.05, 4.69) is 48.2 Å². The zero-order valence-electron chi connectivity index (χ0n) is 19.5. The van der Waals surface area contributed by atoms with Gasteiger partial charge in [0.2, 0.25) is 0 Å². The van der Waals surface area contributed by atoms with Crippen molar-refractivity contribution in [3.63, 3.8) is 0 Å². The first-order valence-electron chi connectivity index (χ1n) is 12.1. The summed E-state index contributed by atoms with van der Waals surface area (Å²) in [5, 5.41) is 0. The Kier molecular flexibility index (Phi) is 6.38. The molecule has 2 atom stereocenters. The number of primary amides is 1. The van der Waals surface area contributed by atoms with Crippen molar-refractivity contribution in [1.82, 2.24) is 4.90 Å². The van der Waals surface area contributed by atoms with Crippen LogP contribution >= 0.6 is 0 Å². The molecule has 0 aromatic heterocycles. The highest BCUT2D eigenvalue weighted by Gasteiger charge is 2.43. The average Bonchev–Trinajstić information content (AvgIpc) is 3.07. The summed E-state index contributed by atoms with van der Waals surface area (Å²) in [5.74, 6) is 1.81. The number of nitrogens with two attached hydrogens (primary N) is 1. The maximum absolute atomic E-state index is 14.5. The number of halogens is 1. The highest BCUT2D eigenvalue weighted by Crippen LogP contribution is 2.50. The molecule has 2 N–H and O–H groups in total. The number of carbonyl (C=O) groups is 1. The van der Waals surface area contributed by atoms with Crippen molar-refractivity contribution < 1.29 is 13.9 Å². The summed E-state index contributed by atoms with van der Waals surface area (Å²) >= 11 is 0. The first-order valence-corrected chi connectivity index (χ1v) is 12.1. The summed E-state index contributed by atoms with van der Waals surface area (Å²) < 4.78 is 19.8. The Balaban J connectivity index is 1.44. The standard InChI is InChI=1S/C29H31FN2O2/c1-19-24(13-14-27(34-29(31)33)25(19)15-21-9-5-6-10-26(21)30)28-22-11-12-23(28)18-32(17-22)16-20-7-3-2-4-8-20/h2-10,13-14,22-23,28H,11-12,15-18H2,1H3,(H2,31,33). The van der Waals surface area contributed by atoms with Crippen LogP contribution in [0.2, 0.25) is 0 Å². The van der Waals surface area contributed by atoms with Crippen molar-refractivity contribution in [2.75, 3.05) is 13.1 Å². The van der Waals surface area contributed by atoms with Crippen LogP contribution in [-0.2, 0) is 13.0 Å². The second-order valence-corrected chi connectivity index (χ2v) is 9.75. The third kappa shape index (κ3) is 4.58. The van der Waals surface area contributed by atoms with E-state index in [1.807, 2.05) is 12.1 Å². The molecule has 2 aliphatic rings. The predicted octanol–water partition coefficient (Wildman–Crippen LogP) is 5.81. The van der Waals surface area contributed by atoms with Crippen molar-refractivity contribution in [1.29, 1.82) is 0 Å². The molecule has 0 radical (unpaired) electrons. The maximum Gasteiger partial charge on any atom is 0.409 e. The minimum absolute atomic E-state index is 0.258. The van der Waals surface area contributed by atoms with Crippen LogP contribution in [0.1, 0.15) is 46.6 Å². The Morgan fingerprint density at radius 3 is 2.35 bits per heavy atom. The van der Waals surface area contributed by atoms with Crippen LogP contribution < -0.4 is 10.5 Å². The van der Waals surface area contributed by atoms with Gasteiger partial charge in [-0.05, 0) is 71.9 Å². The summed E-state index contributed by atoms with van der Waals surface area (Å²) in [4.78, 5) is 14.2. The second kappa shape index (κ2) is 9.59. The Morgan fingerprint density at radius 1 is 1.00 bits per heavy atom. The Hall–Kier alpha value is -3.18. The molecule has 3 aromatic rings. The molecular formula is C29H31FN2O2. The van der Waals surface area contributed by atoms with Crippen LogP contribution in [0.3, 0.4) is 0 Å². The van der Waals surface area contributed by atoms with Gasteiger partial charge in [0.15, 0.2) is 0 Å². The van der Waals surface area contributed by atoms with E-state index in [1.54, 1.807) is 12.1 Å². The quantitative estimate of drug-likeness (QED) is 0.507.